The molecule has 5 rings (SSSR count). The lowest BCUT2D eigenvalue weighted by Crippen LogP contribution is -2.40. The lowest BCUT2D eigenvalue weighted by molar-refractivity contribution is -0.127. The van der Waals surface area contributed by atoms with Gasteiger partial charge in [0.2, 0.25) is 5.91 Å². The van der Waals surface area contributed by atoms with Crippen molar-refractivity contribution in [3.05, 3.63) is 54.7 Å². The van der Waals surface area contributed by atoms with E-state index in [9.17, 15) is 9.90 Å². The summed E-state index contributed by atoms with van der Waals surface area (Å²) in [7, 11) is 0. The maximum Gasteiger partial charge on any atom is 0.246 e. The number of para-hydroxylation sites is 1. The van der Waals surface area contributed by atoms with E-state index >= 15 is 0 Å². The van der Waals surface area contributed by atoms with Gasteiger partial charge in [0.1, 0.15) is 5.75 Å². The van der Waals surface area contributed by atoms with Crippen molar-refractivity contribution in [1.82, 2.24) is 20.1 Å². The first kappa shape index (κ1) is 16.1. The molecule has 6 nitrogen and oxygen atoms in total. The van der Waals surface area contributed by atoms with E-state index in [4.69, 9.17) is 0 Å². The molecular formula is C21H20N4O2. The van der Waals surface area contributed by atoms with Gasteiger partial charge in [-0.2, -0.15) is 0 Å². The molecule has 2 aromatic heterocycles. The zero-order chi connectivity index (χ0) is 18.5. The summed E-state index contributed by atoms with van der Waals surface area (Å²) in [5.74, 6) is 1.05. The molecule has 2 N–H and O–H groups in total. The molecule has 2 fully saturated rings. The fourth-order valence-corrected chi connectivity index (χ4v) is 4.71. The molecule has 2 aliphatic rings. The van der Waals surface area contributed by atoms with Crippen LogP contribution in [-0.2, 0) is 4.79 Å². The number of aromatic nitrogens is 3. The molecular weight excluding hydrogens is 340 g/mol. The number of likely N-dealkylation sites (tertiary alicyclic amines) is 1. The van der Waals surface area contributed by atoms with Crippen LogP contribution in [0.1, 0.15) is 24.5 Å². The number of carbonyl (C=O) groups excluding carboxylic acids is 1. The van der Waals surface area contributed by atoms with Crippen molar-refractivity contribution < 1.29 is 9.90 Å². The number of hydrogen-bond donors (Lipinski definition) is 2. The molecule has 1 amide bonds. The molecule has 1 aromatic carbocycles. The Morgan fingerprint density at radius 1 is 1.26 bits per heavy atom. The van der Waals surface area contributed by atoms with Crippen molar-refractivity contribution in [2.75, 3.05) is 6.54 Å². The number of phenols is 1. The van der Waals surface area contributed by atoms with Crippen molar-refractivity contribution in [2.24, 2.45) is 5.92 Å². The number of aromatic amines is 1. The number of amides is 1. The van der Waals surface area contributed by atoms with Gasteiger partial charge in [-0.25, -0.2) is 0 Å². The number of nitrogens with one attached hydrogen (secondary N) is 1. The monoisotopic (exact) mass is 360 g/mol. The Morgan fingerprint density at radius 3 is 2.89 bits per heavy atom. The second kappa shape index (κ2) is 5.94. The van der Waals surface area contributed by atoms with Gasteiger partial charge in [-0.15, -0.1) is 10.2 Å². The molecule has 3 unspecified atom stereocenters. The van der Waals surface area contributed by atoms with Crippen LogP contribution < -0.4 is 0 Å². The van der Waals surface area contributed by atoms with Crippen LogP contribution in [0.3, 0.4) is 0 Å². The highest BCUT2D eigenvalue weighted by molar-refractivity contribution is 5.88. The zero-order valence-electron chi connectivity index (χ0n) is 14.8. The highest BCUT2D eigenvalue weighted by atomic mass is 16.3. The number of nitrogens with zero attached hydrogens (tertiary/aromatic N) is 3. The third kappa shape index (κ3) is 2.51. The van der Waals surface area contributed by atoms with Gasteiger partial charge in [-0.1, -0.05) is 18.7 Å². The molecule has 1 saturated heterocycles. The molecule has 0 spiro atoms. The molecule has 3 aromatic rings. The number of H-pyrrole nitrogens is 1. The summed E-state index contributed by atoms with van der Waals surface area (Å²) in [6.45, 7) is 4.47. The molecule has 0 radical (unpaired) electrons. The Bertz CT molecular complexity index is 1060. The van der Waals surface area contributed by atoms with Gasteiger partial charge in [-0.3, -0.25) is 4.79 Å². The number of phenolic OH excluding ortho intramolecular Hbond substituents is 1. The second-order valence-electron chi connectivity index (χ2n) is 7.48. The Morgan fingerprint density at radius 2 is 2.11 bits per heavy atom. The largest absolute Gasteiger partial charge is 0.507 e. The first-order valence-electron chi connectivity index (χ1n) is 9.22. The minimum Gasteiger partial charge on any atom is -0.507 e. The van der Waals surface area contributed by atoms with E-state index in [0.29, 0.717) is 17.2 Å². The van der Waals surface area contributed by atoms with E-state index < -0.39 is 0 Å². The predicted molar refractivity (Wildman–Crippen MR) is 102 cm³/mol. The van der Waals surface area contributed by atoms with E-state index in [1.807, 2.05) is 23.1 Å². The maximum atomic E-state index is 12.1. The van der Waals surface area contributed by atoms with Crippen LogP contribution in [0.15, 0.2) is 49.1 Å². The maximum absolute atomic E-state index is 12.1. The number of aromatic hydroxyl groups is 1. The summed E-state index contributed by atoms with van der Waals surface area (Å²) < 4.78 is 0. The number of rotatable bonds is 3. The van der Waals surface area contributed by atoms with E-state index in [1.165, 1.54) is 6.08 Å². The van der Waals surface area contributed by atoms with Gasteiger partial charge in [0, 0.05) is 35.1 Å². The molecule has 6 heteroatoms. The normalized spacial score (nSPS) is 23.9. The minimum atomic E-state index is 0.0185. The van der Waals surface area contributed by atoms with Crippen molar-refractivity contribution >= 4 is 16.9 Å². The van der Waals surface area contributed by atoms with E-state index in [-0.39, 0.29) is 23.6 Å². The molecule has 3 heterocycles. The highest BCUT2D eigenvalue weighted by Gasteiger charge is 2.47. The summed E-state index contributed by atoms with van der Waals surface area (Å²) in [4.78, 5) is 17.5. The highest BCUT2D eigenvalue weighted by Crippen LogP contribution is 2.47. The molecule has 2 bridgehead atoms. The molecule has 1 saturated carbocycles. The lowest BCUT2D eigenvalue weighted by Gasteiger charge is -2.32. The van der Waals surface area contributed by atoms with Crippen molar-refractivity contribution in [3.63, 3.8) is 0 Å². The zero-order valence-corrected chi connectivity index (χ0v) is 14.8. The Balaban J connectivity index is 1.50. The second-order valence-corrected chi connectivity index (χ2v) is 7.48. The van der Waals surface area contributed by atoms with Gasteiger partial charge in [0.15, 0.2) is 5.65 Å². The fraction of sp³-hybridized carbons (Fsp3) is 0.286. The summed E-state index contributed by atoms with van der Waals surface area (Å²) in [6.07, 6.45) is 3.54. The molecule has 1 aliphatic carbocycles. The van der Waals surface area contributed by atoms with Gasteiger partial charge in [-0.05, 0) is 49.1 Å². The van der Waals surface area contributed by atoms with Gasteiger partial charge in [0.05, 0.1) is 5.69 Å². The van der Waals surface area contributed by atoms with Crippen molar-refractivity contribution in [3.8, 4) is 17.0 Å². The first-order valence-corrected chi connectivity index (χ1v) is 9.22. The van der Waals surface area contributed by atoms with Crippen LogP contribution in [0, 0.1) is 5.92 Å². The van der Waals surface area contributed by atoms with E-state index in [2.05, 4.69) is 27.8 Å². The van der Waals surface area contributed by atoms with Crippen molar-refractivity contribution in [2.45, 2.75) is 24.8 Å². The standard InChI is InChI=1S/C21H20N4O2/c1-2-20(27)25-11-12-7-15(18(25)8-12)16-9-13-10-17(23-24-21(13)22-16)14-5-3-4-6-19(14)26/h2-6,9-10,12,15,18,26H,1,7-8,11H2,(H,22,24). The number of fused-ring (bicyclic) bond motifs is 3. The van der Waals surface area contributed by atoms with Crippen LogP contribution in [0.2, 0.25) is 0 Å². The fourth-order valence-electron chi connectivity index (χ4n) is 4.71. The van der Waals surface area contributed by atoms with Crippen LogP contribution in [-0.4, -0.2) is 43.7 Å². The van der Waals surface area contributed by atoms with Crippen molar-refractivity contribution in [1.29, 1.82) is 0 Å². The molecule has 1 aliphatic heterocycles. The van der Waals surface area contributed by atoms with E-state index in [1.54, 1.807) is 12.1 Å². The van der Waals surface area contributed by atoms with E-state index in [0.717, 1.165) is 36.1 Å². The lowest BCUT2D eigenvalue weighted by atomic mass is 9.94. The Kier molecular flexibility index (Phi) is 3.53. The van der Waals surface area contributed by atoms with Crippen LogP contribution in [0.25, 0.3) is 22.3 Å². The van der Waals surface area contributed by atoms with Gasteiger partial charge < -0.3 is 15.0 Å². The smallest absolute Gasteiger partial charge is 0.246 e. The van der Waals surface area contributed by atoms with Gasteiger partial charge in [0.25, 0.3) is 0 Å². The van der Waals surface area contributed by atoms with Gasteiger partial charge >= 0.3 is 0 Å². The summed E-state index contributed by atoms with van der Waals surface area (Å²) in [6, 6.07) is 11.4. The van der Waals surface area contributed by atoms with Crippen LogP contribution in [0.5, 0.6) is 5.75 Å². The van der Waals surface area contributed by atoms with Crippen LogP contribution in [0.4, 0.5) is 0 Å². The summed E-state index contributed by atoms with van der Waals surface area (Å²) in [5, 5.41) is 19.6. The molecule has 27 heavy (non-hydrogen) atoms. The predicted octanol–water partition coefficient (Wildman–Crippen LogP) is 3.22. The third-order valence-corrected chi connectivity index (χ3v) is 5.92. The number of piperidine rings is 1. The summed E-state index contributed by atoms with van der Waals surface area (Å²) >= 11 is 0. The number of benzene rings is 1. The minimum absolute atomic E-state index is 0.0185. The molecule has 3 atom stereocenters. The Labute approximate surface area is 156 Å². The third-order valence-electron chi connectivity index (χ3n) is 5.92. The SMILES string of the molecule is C=CC(=O)N1CC2CC(c3cc4cc(-c5ccccc5O)nnc4[nH]3)C1C2. The van der Waals surface area contributed by atoms with Crippen LogP contribution >= 0.6 is 0 Å². The Hall–Kier alpha value is -3.15. The summed E-state index contributed by atoms with van der Waals surface area (Å²) in [5.41, 5.74) is 3.14. The quantitative estimate of drug-likeness (QED) is 0.703. The first-order chi connectivity index (χ1) is 13.1. The average Bonchev–Trinajstić information content (AvgIpc) is 3.40. The topological polar surface area (TPSA) is 82.1 Å². The molecule has 136 valence electrons. The average molecular weight is 360 g/mol. The number of hydrogen-bond acceptors (Lipinski definition) is 4. The number of carbonyl (C=O) groups is 1.